The molecule has 0 spiro atoms. The Hall–Kier alpha value is -2.65. The van der Waals surface area contributed by atoms with E-state index in [4.69, 9.17) is 5.73 Å². The van der Waals surface area contributed by atoms with Gasteiger partial charge in [0, 0.05) is 25.6 Å². The molecule has 0 aliphatic heterocycles. The van der Waals surface area contributed by atoms with Gasteiger partial charge in [-0.1, -0.05) is 24.0 Å². The Morgan fingerprint density at radius 3 is 2.95 bits per heavy atom. The van der Waals surface area contributed by atoms with Crippen molar-refractivity contribution in [1.29, 1.82) is 0 Å². The summed E-state index contributed by atoms with van der Waals surface area (Å²) in [7, 11) is 1.87. The number of carbonyl (C=O) groups is 1. The molecule has 6 heteroatoms. The fourth-order valence-electron chi connectivity index (χ4n) is 1.85. The second kappa shape index (κ2) is 7.22. The average Bonchev–Trinajstić information content (AvgIpc) is 2.91. The van der Waals surface area contributed by atoms with Gasteiger partial charge in [-0.3, -0.25) is 4.79 Å². The highest BCUT2D eigenvalue weighted by molar-refractivity contribution is 5.96. The van der Waals surface area contributed by atoms with Crippen molar-refractivity contribution in [3.63, 3.8) is 0 Å². The summed E-state index contributed by atoms with van der Waals surface area (Å²) in [5.41, 5.74) is 6.59. The Balaban J connectivity index is 1.99. The molecule has 0 aliphatic rings. The lowest BCUT2D eigenvalue weighted by molar-refractivity contribution is 0.0953. The summed E-state index contributed by atoms with van der Waals surface area (Å²) in [6, 6.07) is 7.21. The number of carbonyl (C=O) groups excluding carboxylic acids is 1. The zero-order chi connectivity index (χ0) is 15.1. The number of hydrogen-bond donors (Lipinski definition) is 2. The molecule has 2 aromatic rings. The summed E-state index contributed by atoms with van der Waals surface area (Å²) in [5, 5.41) is 10.6. The molecule has 1 heterocycles. The molecular weight excluding hydrogens is 266 g/mol. The van der Waals surface area contributed by atoms with E-state index in [1.54, 1.807) is 18.5 Å². The normalized spacial score (nSPS) is 9.81. The van der Waals surface area contributed by atoms with Crippen molar-refractivity contribution >= 4 is 5.91 Å². The largest absolute Gasteiger partial charge is 0.352 e. The van der Waals surface area contributed by atoms with Crippen molar-refractivity contribution in [2.24, 2.45) is 12.8 Å². The molecule has 0 atom stereocenters. The molecule has 0 radical (unpaired) electrons. The first-order valence-electron chi connectivity index (χ1n) is 6.61. The molecule has 0 fully saturated rings. The summed E-state index contributed by atoms with van der Waals surface area (Å²) in [6.45, 7) is 0.756. The van der Waals surface area contributed by atoms with Crippen molar-refractivity contribution in [3.05, 3.63) is 47.5 Å². The van der Waals surface area contributed by atoms with Crippen LogP contribution in [0.1, 0.15) is 21.7 Å². The maximum absolute atomic E-state index is 12.2. The minimum absolute atomic E-state index is 0.154. The fourth-order valence-corrected chi connectivity index (χ4v) is 1.85. The molecule has 3 N–H and O–H groups in total. The van der Waals surface area contributed by atoms with Crippen LogP contribution < -0.4 is 11.1 Å². The van der Waals surface area contributed by atoms with Gasteiger partial charge in [0.2, 0.25) is 0 Å². The zero-order valence-electron chi connectivity index (χ0n) is 11.8. The Labute approximate surface area is 123 Å². The quantitative estimate of drug-likeness (QED) is 0.779. The molecule has 0 unspecified atom stereocenters. The standard InChI is InChI=1S/C15H17N5O/c1-20-11-18-19-14(20)8-10-17-15(21)13-7-3-2-5-12(13)6-4-9-16/h2-3,5,7,11H,8-10,16H2,1H3,(H,17,21). The number of rotatable bonds is 4. The number of hydrogen-bond acceptors (Lipinski definition) is 4. The van der Waals surface area contributed by atoms with Gasteiger partial charge in [-0.05, 0) is 12.1 Å². The molecule has 0 aliphatic carbocycles. The highest BCUT2D eigenvalue weighted by atomic mass is 16.1. The summed E-state index contributed by atoms with van der Waals surface area (Å²) < 4.78 is 1.83. The monoisotopic (exact) mass is 283 g/mol. The average molecular weight is 283 g/mol. The van der Waals surface area contributed by atoms with Gasteiger partial charge in [0.05, 0.1) is 12.1 Å². The molecule has 0 bridgehead atoms. The van der Waals surface area contributed by atoms with Crippen LogP contribution in [0.15, 0.2) is 30.6 Å². The lowest BCUT2D eigenvalue weighted by Gasteiger charge is -2.06. The summed E-state index contributed by atoms with van der Waals surface area (Å²) in [5.74, 6) is 6.34. The van der Waals surface area contributed by atoms with Crippen LogP contribution in [0.25, 0.3) is 0 Å². The predicted octanol–water partition coefficient (Wildman–Crippen LogP) is 0.0978. The molecule has 21 heavy (non-hydrogen) atoms. The minimum Gasteiger partial charge on any atom is -0.352 e. The van der Waals surface area contributed by atoms with Gasteiger partial charge in [0.25, 0.3) is 5.91 Å². The van der Waals surface area contributed by atoms with Crippen LogP contribution in [0.5, 0.6) is 0 Å². The van der Waals surface area contributed by atoms with Crippen LogP contribution >= 0.6 is 0 Å². The molecule has 0 saturated carbocycles. The Kier molecular flexibility index (Phi) is 5.07. The lowest BCUT2D eigenvalue weighted by Crippen LogP contribution is -2.27. The first-order chi connectivity index (χ1) is 10.2. The molecule has 1 aromatic carbocycles. The summed E-state index contributed by atoms with van der Waals surface area (Å²) in [4.78, 5) is 12.2. The van der Waals surface area contributed by atoms with Gasteiger partial charge in [0.1, 0.15) is 12.2 Å². The fraction of sp³-hybridized carbons (Fsp3) is 0.267. The van der Waals surface area contributed by atoms with Crippen LogP contribution in [0.4, 0.5) is 0 Å². The van der Waals surface area contributed by atoms with Gasteiger partial charge in [0.15, 0.2) is 0 Å². The van der Waals surface area contributed by atoms with E-state index in [1.165, 1.54) is 0 Å². The Morgan fingerprint density at radius 1 is 1.43 bits per heavy atom. The number of nitrogens with two attached hydrogens (primary N) is 1. The minimum atomic E-state index is -0.154. The number of nitrogens with zero attached hydrogens (tertiary/aromatic N) is 3. The van der Waals surface area contributed by atoms with Crippen LogP contribution in [-0.4, -0.2) is 33.8 Å². The highest BCUT2D eigenvalue weighted by Gasteiger charge is 2.09. The smallest absolute Gasteiger partial charge is 0.252 e. The zero-order valence-corrected chi connectivity index (χ0v) is 11.8. The van der Waals surface area contributed by atoms with Crippen LogP contribution in [0.3, 0.4) is 0 Å². The predicted molar refractivity (Wildman–Crippen MR) is 79.4 cm³/mol. The van der Waals surface area contributed by atoms with E-state index < -0.39 is 0 Å². The third kappa shape index (κ3) is 3.91. The second-order valence-corrected chi connectivity index (χ2v) is 4.42. The van der Waals surface area contributed by atoms with Crippen LogP contribution in [-0.2, 0) is 13.5 Å². The maximum Gasteiger partial charge on any atom is 0.252 e. The van der Waals surface area contributed by atoms with Gasteiger partial charge < -0.3 is 15.6 Å². The van der Waals surface area contributed by atoms with E-state index >= 15 is 0 Å². The van der Waals surface area contributed by atoms with Gasteiger partial charge >= 0.3 is 0 Å². The Bertz CT molecular complexity index is 681. The van der Waals surface area contributed by atoms with E-state index in [0.29, 0.717) is 24.1 Å². The second-order valence-electron chi connectivity index (χ2n) is 4.42. The molecule has 1 aromatic heterocycles. The van der Waals surface area contributed by atoms with Crippen molar-refractivity contribution in [2.75, 3.05) is 13.1 Å². The van der Waals surface area contributed by atoms with Gasteiger partial charge in [-0.2, -0.15) is 0 Å². The molecule has 1 amide bonds. The van der Waals surface area contributed by atoms with Crippen molar-refractivity contribution in [1.82, 2.24) is 20.1 Å². The number of aryl methyl sites for hydroxylation is 1. The SMILES string of the molecule is Cn1cnnc1CCNC(=O)c1ccccc1C#CCN. The molecule has 0 saturated heterocycles. The van der Waals surface area contributed by atoms with E-state index in [-0.39, 0.29) is 12.5 Å². The van der Waals surface area contributed by atoms with E-state index in [2.05, 4.69) is 27.4 Å². The number of aromatic nitrogens is 3. The van der Waals surface area contributed by atoms with Gasteiger partial charge in [-0.25, -0.2) is 0 Å². The highest BCUT2D eigenvalue weighted by Crippen LogP contribution is 2.07. The van der Waals surface area contributed by atoms with E-state index in [0.717, 1.165) is 5.82 Å². The van der Waals surface area contributed by atoms with Crippen LogP contribution in [0.2, 0.25) is 0 Å². The topological polar surface area (TPSA) is 85.8 Å². The first kappa shape index (κ1) is 14.8. The molecular formula is C15H17N5O. The molecule has 2 rings (SSSR count). The van der Waals surface area contributed by atoms with Crippen molar-refractivity contribution in [3.8, 4) is 11.8 Å². The Morgan fingerprint density at radius 2 is 2.24 bits per heavy atom. The van der Waals surface area contributed by atoms with Crippen molar-refractivity contribution < 1.29 is 4.79 Å². The van der Waals surface area contributed by atoms with E-state index in [1.807, 2.05) is 23.7 Å². The summed E-state index contributed by atoms with van der Waals surface area (Å²) in [6.07, 6.45) is 2.26. The van der Waals surface area contributed by atoms with Crippen molar-refractivity contribution in [2.45, 2.75) is 6.42 Å². The molecule has 6 nitrogen and oxygen atoms in total. The van der Waals surface area contributed by atoms with E-state index in [9.17, 15) is 4.79 Å². The number of nitrogens with one attached hydrogen (secondary N) is 1. The number of benzene rings is 1. The third-order valence-corrected chi connectivity index (χ3v) is 2.94. The summed E-state index contributed by atoms with van der Waals surface area (Å²) >= 11 is 0. The maximum atomic E-state index is 12.2. The lowest BCUT2D eigenvalue weighted by atomic mass is 10.1. The third-order valence-electron chi connectivity index (χ3n) is 2.94. The number of amides is 1. The van der Waals surface area contributed by atoms with Crippen LogP contribution in [0, 0.1) is 11.8 Å². The molecule has 108 valence electrons. The first-order valence-corrected chi connectivity index (χ1v) is 6.61. The van der Waals surface area contributed by atoms with Gasteiger partial charge in [-0.15, -0.1) is 10.2 Å².